The van der Waals surface area contributed by atoms with Gasteiger partial charge in [0.15, 0.2) is 0 Å². The summed E-state index contributed by atoms with van der Waals surface area (Å²) in [7, 11) is 1.26. The molecule has 0 aromatic heterocycles. The second kappa shape index (κ2) is 5.10. The van der Waals surface area contributed by atoms with Gasteiger partial charge >= 0.3 is 11.9 Å². The van der Waals surface area contributed by atoms with E-state index in [2.05, 4.69) is 20.7 Å². The van der Waals surface area contributed by atoms with Gasteiger partial charge in [0.25, 0.3) is 0 Å². The number of aromatic carboxylic acids is 1. The smallest absolute Gasteiger partial charge is 0.339 e. The minimum absolute atomic E-state index is 0.0582. The summed E-state index contributed by atoms with van der Waals surface area (Å²) in [4.78, 5) is 22.8. The number of carbonyl (C=O) groups excluding carboxylic acids is 1. The van der Waals surface area contributed by atoms with Crippen LogP contribution < -0.4 is 0 Å². The molecule has 5 heteroatoms. The summed E-state index contributed by atoms with van der Waals surface area (Å²) < 4.78 is 4.90. The predicted octanol–water partition coefficient (Wildman–Crippen LogP) is 3.23. The Morgan fingerprint density at radius 3 is 2.11 bits per heavy atom. The zero-order chi connectivity index (χ0) is 14.1. The largest absolute Gasteiger partial charge is 0.478 e. The van der Waals surface area contributed by atoms with Crippen molar-refractivity contribution in [2.75, 3.05) is 7.11 Å². The molecule has 0 fully saturated rings. The number of hydrogen-bond acceptors (Lipinski definition) is 3. The zero-order valence-corrected chi connectivity index (χ0v) is 12.3. The highest BCUT2D eigenvalue weighted by atomic mass is 79.9. The van der Waals surface area contributed by atoms with Crippen molar-refractivity contribution in [1.29, 1.82) is 0 Å². The number of halogens is 1. The van der Waals surface area contributed by atoms with Crippen LogP contribution in [0.5, 0.6) is 0 Å². The van der Waals surface area contributed by atoms with E-state index in [1.165, 1.54) is 7.11 Å². The first-order valence-electron chi connectivity index (χ1n) is 5.34. The van der Waals surface area contributed by atoms with E-state index < -0.39 is 11.9 Å². The molecule has 1 N–H and O–H groups in total. The summed E-state index contributed by atoms with van der Waals surface area (Å²) in [6.07, 6.45) is 0. The fraction of sp³-hybridized carbons (Fsp3) is 0.385. The van der Waals surface area contributed by atoms with E-state index >= 15 is 0 Å². The maximum Gasteiger partial charge on any atom is 0.339 e. The first-order chi connectivity index (χ1) is 8.18. The van der Waals surface area contributed by atoms with Gasteiger partial charge in [0.1, 0.15) is 0 Å². The molecule has 0 radical (unpaired) electrons. The van der Waals surface area contributed by atoms with E-state index in [9.17, 15) is 9.59 Å². The van der Waals surface area contributed by atoms with E-state index in [0.717, 1.165) is 5.56 Å². The fourth-order valence-corrected chi connectivity index (χ4v) is 2.03. The maximum absolute atomic E-state index is 11.6. The molecule has 0 atom stereocenters. The van der Waals surface area contributed by atoms with Gasteiger partial charge in [-0.15, -0.1) is 0 Å². The van der Waals surface area contributed by atoms with Gasteiger partial charge in [0.05, 0.1) is 18.2 Å². The second-order valence-electron chi connectivity index (χ2n) is 4.93. The third-order valence-electron chi connectivity index (χ3n) is 2.57. The van der Waals surface area contributed by atoms with Gasteiger partial charge in [-0.1, -0.05) is 20.8 Å². The summed E-state index contributed by atoms with van der Waals surface area (Å²) in [6, 6.07) is 3.22. The Morgan fingerprint density at radius 1 is 1.22 bits per heavy atom. The molecule has 0 aliphatic rings. The molecule has 0 bridgehead atoms. The van der Waals surface area contributed by atoms with Crippen molar-refractivity contribution in [2.45, 2.75) is 26.2 Å². The number of carboxylic acids is 1. The molecule has 0 aliphatic heterocycles. The topological polar surface area (TPSA) is 63.6 Å². The molecule has 0 saturated carbocycles. The lowest BCUT2D eigenvalue weighted by Crippen LogP contribution is -2.16. The van der Waals surface area contributed by atoms with E-state index in [1.54, 1.807) is 12.1 Å². The lowest BCUT2D eigenvalue weighted by molar-refractivity contribution is 0.0599. The standard InChI is InChI=1S/C13H15BrO4/c1-13(2,3)7-5-8(11(15)16)10(14)9(6-7)12(17)18-4/h5-6H,1-4H3,(H,15,16). The molecule has 0 unspecified atom stereocenters. The molecule has 18 heavy (non-hydrogen) atoms. The normalized spacial score (nSPS) is 11.2. The molecule has 0 aliphatic carbocycles. The van der Waals surface area contributed by atoms with Crippen LogP contribution in [0.15, 0.2) is 16.6 Å². The van der Waals surface area contributed by atoms with Gasteiger partial charge in [-0.3, -0.25) is 0 Å². The number of esters is 1. The number of carboxylic acid groups (broad SMARTS) is 1. The predicted molar refractivity (Wildman–Crippen MR) is 71.1 cm³/mol. The van der Waals surface area contributed by atoms with Gasteiger partial charge in [-0.05, 0) is 39.0 Å². The van der Waals surface area contributed by atoms with E-state index in [1.807, 2.05) is 20.8 Å². The Bertz CT molecular complexity index is 500. The fourth-order valence-electron chi connectivity index (χ4n) is 1.47. The van der Waals surface area contributed by atoms with Crippen LogP contribution in [0.3, 0.4) is 0 Å². The van der Waals surface area contributed by atoms with Crippen molar-refractivity contribution >= 4 is 27.9 Å². The molecule has 1 aromatic carbocycles. The van der Waals surface area contributed by atoms with Crippen LogP contribution in [0.25, 0.3) is 0 Å². The summed E-state index contributed by atoms with van der Waals surface area (Å²) >= 11 is 3.14. The lowest BCUT2D eigenvalue weighted by atomic mass is 9.85. The minimum atomic E-state index is -1.09. The number of hydrogen-bond donors (Lipinski definition) is 1. The summed E-state index contributed by atoms with van der Waals surface area (Å²) in [5.74, 6) is -1.64. The van der Waals surface area contributed by atoms with Crippen molar-refractivity contribution in [3.63, 3.8) is 0 Å². The van der Waals surface area contributed by atoms with Gasteiger partial charge in [-0.25, -0.2) is 9.59 Å². The lowest BCUT2D eigenvalue weighted by Gasteiger charge is -2.21. The summed E-state index contributed by atoms with van der Waals surface area (Å²) in [6.45, 7) is 5.84. The zero-order valence-electron chi connectivity index (χ0n) is 10.7. The molecular formula is C13H15BrO4. The van der Waals surface area contributed by atoms with Crippen LogP contribution in [-0.4, -0.2) is 24.2 Å². The van der Waals surface area contributed by atoms with Crippen LogP contribution in [0.4, 0.5) is 0 Å². The molecule has 4 nitrogen and oxygen atoms in total. The highest BCUT2D eigenvalue weighted by molar-refractivity contribution is 9.10. The highest BCUT2D eigenvalue weighted by Gasteiger charge is 2.23. The van der Waals surface area contributed by atoms with Gasteiger partial charge < -0.3 is 9.84 Å². The molecule has 0 saturated heterocycles. The molecular weight excluding hydrogens is 300 g/mol. The average Bonchev–Trinajstić information content (AvgIpc) is 2.26. The second-order valence-corrected chi connectivity index (χ2v) is 5.73. The Hall–Kier alpha value is -1.36. The highest BCUT2D eigenvalue weighted by Crippen LogP contribution is 2.30. The molecule has 1 rings (SSSR count). The summed E-state index contributed by atoms with van der Waals surface area (Å²) in [5.41, 5.74) is 0.793. The van der Waals surface area contributed by atoms with E-state index in [0.29, 0.717) is 0 Å². The Labute approximate surface area is 114 Å². The monoisotopic (exact) mass is 314 g/mol. The molecule has 98 valence electrons. The molecule has 0 amide bonds. The maximum atomic E-state index is 11.6. The number of methoxy groups -OCH3 is 1. The van der Waals surface area contributed by atoms with Gasteiger partial charge in [-0.2, -0.15) is 0 Å². The van der Waals surface area contributed by atoms with Crippen LogP contribution in [-0.2, 0) is 10.2 Å². The first-order valence-corrected chi connectivity index (χ1v) is 6.13. The van der Waals surface area contributed by atoms with Crippen LogP contribution in [0.1, 0.15) is 47.1 Å². The van der Waals surface area contributed by atoms with Crippen LogP contribution >= 0.6 is 15.9 Å². The van der Waals surface area contributed by atoms with Gasteiger partial charge in [0.2, 0.25) is 0 Å². The Balaban J connectivity index is 3.57. The van der Waals surface area contributed by atoms with Crippen molar-refractivity contribution in [3.8, 4) is 0 Å². The quantitative estimate of drug-likeness (QED) is 0.851. The van der Waals surface area contributed by atoms with Crippen molar-refractivity contribution in [2.24, 2.45) is 0 Å². The third-order valence-corrected chi connectivity index (χ3v) is 3.43. The van der Waals surface area contributed by atoms with Crippen LogP contribution in [0, 0.1) is 0 Å². The Morgan fingerprint density at radius 2 is 1.72 bits per heavy atom. The van der Waals surface area contributed by atoms with E-state index in [4.69, 9.17) is 5.11 Å². The third kappa shape index (κ3) is 2.90. The van der Waals surface area contributed by atoms with Crippen LogP contribution in [0.2, 0.25) is 0 Å². The number of ether oxygens (including phenoxy) is 1. The van der Waals surface area contributed by atoms with Gasteiger partial charge in [0, 0.05) is 4.47 Å². The summed E-state index contributed by atoms with van der Waals surface area (Å²) in [5, 5.41) is 9.15. The SMILES string of the molecule is COC(=O)c1cc(C(C)(C)C)cc(C(=O)O)c1Br. The molecule has 0 spiro atoms. The van der Waals surface area contributed by atoms with E-state index in [-0.39, 0.29) is 21.0 Å². The van der Waals surface area contributed by atoms with Crippen molar-refractivity contribution < 1.29 is 19.4 Å². The average molecular weight is 315 g/mol. The molecule has 1 aromatic rings. The number of carbonyl (C=O) groups is 2. The first kappa shape index (κ1) is 14.7. The number of benzene rings is 1. The molecule has 0 heterocycles. The minimum Gasteiger partial charge on any atom is -0.478 e. The van der Waals surface area contributed by atoms with Crippen molar-refractivity contribution in [3.05, 3.63) is 33.3 Å². The Kier molecular flexibility index (Phi) is 4.16. The van der Waals surface area contributed by atoms with Crippen molar-refractivity contribution in [1.82, 2.24) is 0 Å². The number of rotatable bonds is 2.